The number of anilines is 2. The van der Waals surface area contributed by atoms with Gasteiger partial charge in [0, 0.05) is 37.3 Å². The summed E-state index contributed by atoms with van der Waals surface area (Å²) in [5, 5.41) is 6.44. The SMILES string of the molecule is CCCNC(=O)C1CCN(c2nc3ncn(CC(=O)Nc4cccc(OC)c4)c(=O)c3s2)CC1. The summed E-state index contributed by atoms with van der Waals surface area (Å²) in [7, 11) is 1.55. The Bertz CT molecular complexity index is 1230. The molecule has 0 unspecified atom stereocenters. The number of aromatic nitrogens is 3. The molecule has 2 aromatic heterocycles. The second-order valence-corrected chi connectivity index (χ2v) is 9.14. The Kier molecular flexibility index (Phi) is 7.41. The number of rotatable bonds is 8. The van der Waals surface area contributed by atoms with E-state index in [1.54, 1.807) is 31.4 Å². The number of nitrogens with zero attached hydrogens (tertiary/aromatic N) is 4. The normalized spacial score (nSPS) is 14.2. The highest BCUT2D eigenvalue weighted by atomic mass is 32.1. The molecule has 3 heterocycles. The van der Waals surface area contributed by atoms with E-state index in [2.05, 4.69) is 25.5 Å². The van der Waals surface area contributed by atoms with Crippen molar-refractivity contribution in [2.24, 2.45) is 5.92 Å². The first-order chi connectivity index (χ1) is 16.5. The van der Waals surface area contributed by atoms with Gasteiger partial charge in [-0.05, 0) is 31.4 Å². The summed E-state index contributed by atoms with van der Waals surface area (Å²) in [5.74, 6) is 0.406. The fourth-order valence-electron chi connectivity index (χ4n) is 3.86. The smallest absolute Gasteiger partial charge is 0.273 e. The van der Waals surface area contributed by atoms with Gasteiger partial charge >= 0.3 is 0 Å². The van der Waals surface area contributed by atoms with Gasteiger partial charge in [-0.15, -0.1) is 0 Å². The van der Waals surface area contributed by atoms with E-state index in [0.717, 1.165) is 19.3 Å². The van der Waals surface area contributed by atoms with Gasteiger partial charge in [-0.2, -0.15) is 4.98 Å². The maximum atomic E-state index is 13.0. The Balaban J connectivity index is 1.42. The summed E-state index contributed by atoms with van der Waals surface area (Å²) in [6.45, 7) is 3.96. The summed E-state index contributed by atoms with van der Waals surface area (Å²) < 4.78 is 6.85. The lowest BCUT2D eigenvalue weighted by Crippen LogP contribution is -2.40. The van der Waals surface area contributed by atoms with Crippen molar-refractivity contribution in [3.63, 3.8) is 0 Å². The van der Waals surface area contributed by atoms with Gasteiger partial charge in [0.05, 0.1) is 7.11 Å². The number of benzene rings is 1. The van der Waals surface area contributed by atoms with Crippen LogP contribution in [0.1, 0.15) is 26.2 Å². The van der Waals surface area contributed by atoms with Crippen LogP contribution in [-0.4, -0.2) is 53.1 Å². The third-order valence-corrected chi connectivity index (χ3v) is 6.82. The first-order valence-electron chi connectivity index (χ1n) is 11.3. The predicted molar refractivity (Wildman–Crippen MR) is 132 cm³/mol. The van der Waals surface area contributed by atoms with Crippen molar-refractivity contribution in [2.45, 2.75) is 32.7 Å². The van der Waals surface area contributed by atoms with Gasteiger partial charge in [-0.1, -0.05) is 24.3 Å². The Morgan fingerprint density at radius 1 is 1.26 bits per heavy atom. The Morgan fingerprint density at radius 3 is 2.79 bits per heavy atom. The van der Waals surface area contributed by atoms with Crippen molar-refractivity contribution in [2.75, 3.05) is 37.0 Å². The topological polar surface area (TPSA) is 118 Å². The van der Waals surface area contributed by atoms with E-state index in [1.165, 1.54) is 22.2 Å². The van der Waals surface area contributed by atoms with E-state index in [1.807, 2.05) is 6.92 Å². The average Bonchev–Trinajstić information content (AvgIpc) is 3.30. The summed E-state index contributed by atoms with van der Waals surface area (Å²) in [6.07, 6.45) is 3.76. The molecule has 10 nitrogen and oxygen atoms in total. The molecule has 1 fully saturated rings. The molecule has 1 saturated heterocycles. The minimum Gasteiger partial charge on any atom is -0.497 e. The van der Waals surface area contributed by atoms with Crippen LogP contribution in [-0.2, 0) is 16.1 Å². The van der Waals surface area contributed by atoms with Crippen molar-refractivity contribution in [1.29, 1.82) is 0 Å². The molecule has 11 heteroatoms. The highest BCUT2D eigenvalue weighted by molar-refractivity contribution is 7.22. The predicted octanol–water partition coefficient (Wildman–Crippen LogP) is 2.24. The molecule has 1 aromatic carbocycles. The van der Waals surface area contributed by atoms with Gasteiger partial charge in [0.25, 0.3) is 5.56 Å². The summed E-state index contributed by atoms with van der Waals surface area (Å²) in [5.41, 5.74) is 0.652. The lowest BCUT2D eigenvalue weighted by Gasteiger charge is -2.30. The molecule has 1 aliphatic rings. The summed E-state index contributed by atoms with van der Waals surface area (Å²) in [6, 6.07) is 7.00. The molecule has 3 aromatic rings. The van der Waals surface area contributed by atoms with Crippen LogP contribution < -0.4 is 25.8 Å². The molecule has 0 atom stereocenters. The molecule has 0 saturated carbocycles. The van der Waals surface area contributed by atoms with Crippen LogP contribution in [0.25, 0.3) is 10.3 Å². The van der Waals surface area contributed by atoms with Crippen LogP contribution in [0.5, 0.6) is 5.75 Å². The molecule has 2 N–H and O–H groups in total. The highest BCUT2D eigenvalue weighted by Gasteiger charge is 2.26. The Morgan fingerprint density at radius 2 is 2.06 bits per heavy atom. The Labute approximate surface area is 201 Å². The number of ether oxygens (including phenoxy) is 1. The molecule has 34 heavy (non-hydrogen) atoms. The lowest BCUT2D eigenvalue weighted by molar-refractivity contribution is -0.125. The zero-order valence-corrected chi connectivity index (χ0v) is 20.1. The number of carbonyl (C=O) groups excluding carboxylic acids is 2. The fraction of sp³-hybridized carbons (Fsp3) is 0.435. The van der Waals surface area contributed by atoms with Crippen LogP contribution in [0.3, 0.4) is 0 Å². The fourth-order valence-corrected chi connectivity index (χ4v) is 4.89. The van der Waals surface area contributed by atoms with Crippen molar-refractivity contribution in [3.05, 3.63) is 40.9 Å². The minimum atomic E-state index is -0.343. The summed E-state index contributed by atoms with van der Waals surface area (Å²) >= 11 is 1.27. The second-order valence-electron chi connectivity index (χ2n) is 8.16. The average molecular weight is 485 g/mol. The number of carbonyl (C=O) groups is 2. The maximum Gasteiger partial charge on any atom is 0.273 e. The van der Waals surface area contributed by atoms with Gasteiger partial charge in [0.2, 0.25) is 11.8 Å². The van der Waals surface area contributed by atoms with Crippen LogP contribution in [0.15, 0.2) is 35.4 Å². The van der Waals surface area contributed by atoms with Gasteiger partial charge < -0.3 is 20.3 Å². The molecular weight excluding hydrogens is 456 g/mol. The van der Waals surface area contributed by atoms with Crippen LogP contribution in [0.4, 0.5) is 10.8 Å². The van der Waals surface area contributed by atoms with Crippen LogP contribution in [0, 0.1) is 5.92 Å². The molecule has 0 bridgehead atoms. The number of thiazole rings is 1. The number of hydrogen-bond donors (Lipinski definition) is 2. The minimum absolute atomic E-state index is 0.00984. The highest BCUT2D eigenvalue weighted by Crippen LogP contribution is 2.29. The van der Waals surface area contributed by atoms with Crippen molar-refractivity contribution < 1.29 is 14.3 Å². The van der Waals surface area contributed by atoms with E-state index in [4.69, 9.17) is 4.74 Å². The Hall–Kier alpha value is -3.47. The molecule has 0 radical (unpaired) electrons. The maximum absolute atomic E-state index is 13.0. The second kappa shape index (κ2) is 10.6. The van der Waals surface area contributed by atoms with E-state index < -0.39 is 0 Å². The van der Waals surface area contributed by atoms with Crippen LogP contribution in [0.2, 0.25) is 0 Å². The van der Waals surface area contributed by atoms with Crippen molar-refractivity contribution in [1.82, 2.24) is 19.9 Å². The number of methoxy groups -OCH3 is 1. The molecule has 180 valence electrons. The number of nitrogens with one attached hydrogen (secondary N) is 2. The molecule has 1 aliphatic heterocycles. The number of fused-ring (bicyclic) bond motifs is 1. The van der Waals surface area contributed by atoms with Gasteiger partial charge in [-0.25, -0.2) is 4.98 Å². The molecular formula is C23H28N6O4S. The van der Waals surface area contributed by atoms with Gasteiger partial charge in [-0.3, -0.25) is 19.0 Å². The third kappa shape index (κ3) is 5.36. The quantitative estimate of drug-likeness (QED) is 0.503. The number of amides is 2. The lowest BCUT2D eigenvalue weighted by atomic mass is 9.96. The third-order valence-electron chi connectivity index (χ3n) is 5.73. The largest absolute Gasteiger partial charge is 0.497 e. The summed E-state index contributed by atoms with van der Waals surface area (Å²) in [4.78, 5) is 48.6. The molecule has 2 amide bonds. The van der Waals surface area contributed by atoms with E-state index >= 15 is 0 Å². The molecule has 0 spiro atoms. The monoisotopic (exact) mass is 484 g/mol. The van der Waals surface area contributed by atoms with Crippen LogP contribution >= 0.6 is 11.3 Å². The van der Waals surface area contributed by atoms with Gasteiger partial charge in [0.1, 0.15) is 23.3 Å². The van der Waals surface area contributed by atoms with E-state index in [9.17, 15) is 14.4 Å². The van der Waals surface area contributed by atoms with E-state index in [0.29, 0.717) is 46.5 Å². The zero-order chi connectivity index (χ0) is 24.1. The van der Waals surface area contributed by atoms with Gasteiger partial charge in [0.15, 0.2) is 10.8 Å². The van der Waals surface area contributed by atoms with Crippen molar-refractivity contribution in [3.8, 4) is 5.75 Å². The first-order valence-corrected chi connectivity index (χ1v) is 12.1. The van der Waals surface area contributed by atoms with Crippen molar-refractivity contribution >= 4 is 44.3 Å². The van der Waals surface area contributed by atoms with E-state index in [-0.39, 0.29) is 29.8 Å². The standard InChI is InChI=1S/C23H28N6O4S/c1-3-9-24-21(31)15-7-10-28(11-8-15)23-27-20-19(34-23)22(32)29(14-25-20)13-18(30)26-16-5-4-6-17(12-16)33-2/h4-6,12,14-15H,3,7-11,13H2,1-2H3,(H,24,31)(H,26,30). The molecule has 0 aliphatic carbocycles. The number of hydrogen-bond acceptors (Lipinski definition) is 8. The zero-order valence-electron chi connectivity index (χ0n) is 19.2. The first kappa shape index (κ1) is 23.7. The molecule has 4 rings (SSSR count). The number of piperidine rings is 1.